The van der Waals surface area contributed by atoms with Crippen LogP contribution in [0.3, 0.4) is 0 Å². The molecule has 1 N–H and O–H groups in total. The number of ether oxygens (including phenoxy) is 3. The Balaban J connectivity index is 2.78. The number of pyridine rings is 1. The van der Waals surface area contributed by atoms with Gasteiger partial charge >= 0.3 is 5.97 Å². The van der Waals surface area contributed by atoms with Crippen molar-refractivity contribution in [2.45, 2.75) is 25.0 Å². The van der Waals surface area contributed by atoms with E-state index in [4.69, 9.17) is 30.9 Å². The maximum absolute atomic E-state index is 11.1. The van der Waals surface area contributed by atoms with Gasteiger partial charge in [-0.25, -0.2) is 0 Å². The van der Waals surface area contributed by atoms with Gasteiger partial charge in [0.1, 0.15) is 5.69 Å². The maximum Gasteiger partial charge on any atom is 0.308 e. The third-order valence-electron chi connectivity index (χ3n) is 3.55. The lowest BCUT2D eigenvalue weighted by molar-refractivity contribution is -0.224. The first-order valence-electron chi connectivity index (χ1n) is 6.93. The fraction of sp³-hybridized carbons (Fsp3) is 0.600. The molecule has 0 saturated carbocycles. The van der Waals surface area contributed by atoms with Crippen LogP contribution in [-0.4, -0.2) is 44.0 Å². The Morgan fingerprint density at radius 3 is 2.59 bits per heavy atom. The molecule has 1 rings (SSSR count). The van der Waals surface area contributed by atoms with Crippen LogP contribution in [0.15, 0.2) is 18.3 Å². The standard InChI is InChI=1S/C15H22ClNO5/c1-20-10-11(14(18)19)5-4-7-15(21-2,22-3)13-9-12(16)6-8-17-13/h6,8-9,11H,4-5,7,10H2,1-3H3,(H,18,19). The molecule has 0 spiro atoms. The van der Waals surface area contributed by atoms with Crippen molar-refractivity contribution < 1.29 is 24.1 Å². The Hall–Kier alpha value is -1.21. The van der Waals surface area contributed by atoms with E-state index in [2.05, 4.69) is 4.98 Å². The molecule has 0 bridgehead atoms. The number of carbonyl (C=O) groups is 1. The average molecular weight is 332 g/mol. The minimum absolute atomic E-state index is 0.178. The van der Waals surface area contributed by atoms with E-state index in [1.54, 1.807) is 18.3 Å². The molecule has 0 aliphatic heterocycles. The lowest BCUT2D eigenvalue weighted by atomic mass is 9.98. The third-order valence-corrected chi connectivity index (χ3v) is 3.78. The van der Waals surface area contributed by atoms with E-state index in [1.165, 1.54) is 21.3 Å². The summed E-state index contributed by atoms with van der Waals surface area (Å²) < 4.78 is 15.9. The fourth-order valence-electron chi connectivity index (χ4n) is 2.30. The molecule has 0 aliphatic rings. The van der Waals surface area contributed by atoms with Gasteiger partial charge in [-0.3, -0.25) is 9.78 Å². The van der Waals surface area contributed by atoms with Gasteiger partial charge in [0.05, 0.1) is 12.5 Å². The van der Waals surface area contributed by atoms with Crippen molar-refractivity contribution in [3.05, 3.63) is 29.0 Å². The highest BCUT2D eigenvalue weighted by molar-refractivity contribution is 6.30. The number of aromatic nitrogens is 1. The summed E-state index contributed by atoms with van der Waals surface area (Å²) in [6, 6.07) is 3.35. The number of carboxylic acid groups (broad SMARTS) is 1. The number of hydrogen-bond donors (Lipinski definition) is 1. The van der Waals surface area contributed by atoms with E-state index in [9.17, 15) is 4.79 Å². The van der Waals surface area contributed by atoms with Gasteiger partial charge in [-0.2, -0.15) is 0 Å². The molecule has 0 radical (unpaired) electrons. The molecular formula is C15H22ClNO5. The molecule has 0 amide bonds. The highest BCUT2D eigenvalue weighted by Gasteiger charge is 2.34. The number of methoxy groups -OCH3 is 3. The second-order valence-electron chi connectivity index (χ2n) is 4.90. The molecular weight excluding hydrogens is 310 g/mol. The first-order valence-corrected chi connectivity index (χ1v) is 7.31. The Bertz CT molecular complexity index is 479. The third kappa shape index (κ3) is 4.91. The molecule has 22 heavy (non-hydrogen) atoms. The monoisotopic (exact) mass is 331 g/mol. The molecule has 0 aromatic carbocycles. The summed E-state index contributed by atoms with van der Waals surface area (Å²) in [5, 5.41) is 9.66. The second kappa shape index (κ2) is 9.05. The van der Waals surface area contributed by atoms with Crippen LogP contribution >= 0.6 is 11.6 Å². The van der Waals surface area contributed by atoms with Crippen molar-refractivity contribution in [2.75, 3.05) is 27.9 Å². The summed E-state index contributed by atoms with van der Waals surface area (Å²) >= 11 is 5.99. The van der Waals surface area contributed by atoms with Crippen LogP contribution in [0.25, 0.3) is 0 Å². The molecule has 0 fully saturated rings. The molecule has 1 heterocycles. The van der Waals surface area contributed by atoms with Crippen LogP contribution in [0.5, 0.6) is 0 Å². The van der Waals surface area contributed by atoms with Gasteiger partial charge in [-0.15, -0.1) is 0 Å². The van der Waals surface area contributed by atoms with Gasteiger partial charge < -0.3 is 19.3 Å². The van der Waals surface area contributed by atoms with Crippen LogP contribution < -0.4 is 0 Å². The summed E-state index contributed by atoms with van der Waals surface area (Å²) in [6.45, 7) is 0.178. The van der Waals surface area contributed by atoms with E-state index in [0.717, 1.165) is 0 Å². The molecule has 1 aromatic rings. The summed E-state index contributed by atoms with van der Waals surface area (Å²) in [4.78, 5) is 15.4. The van der Waals surface area contributed by atoms with Gasteiger partial charge in [0.2, 0.25) is 5.79 Å². The largest absolute Gasteiger partial charge is 0.481 e. The molecule has 1 aromatic heterocycles. The smallest absolute Gasteiger partial charge is 0.308 e. The normalized spacial score (nSPS) is 13.1. The Morgan fingerprint density at radius 2 is 2.09 bits per heavy atom. The minimum Gasteiger partial charge on any atom is -0.481 e. The molecule has 1 atom stereocenters. The van der Waals surface area contributed by atoms with E-state index in [1.807, 2.05) is 0 Å². The zero-order valence-corrected chi connectivity index (χ0v) is 13.8. The van der Waals surface area contributed by atoms with Gasteiger partial charge in [0.15, 0.2) is 0 Å². The topological polar surface area (TPSA) is 77.9 Å². The lowest BCUT2D eigenvalue weighted by Gasteiger charge is -2.30. The predicted molar refractivity (Wildman–Crippen MR) is 81.8 cm³/mol. The number of hydrogen-bond acceptors (Lipinski definition) is 5. The van der Waals surface area contributed by atoms with E-state index in [0.29, 0.717) is 30.0 Å². The zero-order valence-electron chi connectivity index (χ0n) is 13.0. The van der Waals surface area contributed by atoms with Gasteiger partial charge in [0.25, 0.3) is 0 Å². The quantitative estimate of drug-likeness (QED) is 0.664. The summed E-state index contributed by atoms with van der Waals surface area (Å²) in [5.74, 6) is -2.46. The van der Waals surface area contributed by atoms with Gasteiger partial charge in [-0.1, -0.05) is 11.6 Å². The van der Waals surface area contributed by atoms with Gasteiger partial charge in [0, 0.05) is 39.0 Å². The Morgan fingerprint density at radius 1 is 1.41 bits per heavy atom. The van der Waals surface area contributed by atoms with Crippen molar-refractivity contribution >= 4 is 17.6 Å². The number of nitrogens with zero attached hydrogens (tertiary/aromatic N) is 1. The highest BCUT2D eigenvalue weighted by atomic mass is 35.5. The van der Waals surface area contributed by atoms with Crippen LogP contribution in [0.1, 0.15) is 25.0 Å². The number of carboxylic acids is 1. The molecule has 0 saturated heterocycles. The predicted octanol–water partition coefficient (Wildman–Crippen LogP) is 2.70. The lowest BCUT2D eigenvalue weighted by Crippen LogP contribution is -2.32. The maximum atomic E-state index is 11.1. The van der Waals surface area contributed by atoms with E-state index < -0.39 is 17.7 Å². The SMILES string of the molecule is COCC(CCCC(OC)(OC)c1cc(Cl)ccn1)C(=O)O. The molecule has 1 unspecified atom stereocenters. The van der Waals surface area contributed by atoms with Crippen molar-refractivity contribution in [3.8, 4) is 0 Å². The molecule has 124 valence electrons. The highest BCUT2D eigenvalue weighted by Crippen LogP contribution is 2.32. The first kappa shape index (κ1) is 18.8. The van der Waals surface area contributed by atoms with Crippen molar-refractivity contribution in [2.24, 2.45) is 5.92 Å². The average Bonchev–Trinajstić information content (AvgIpc) is 2.50. The van der Waals surface area contributed by atoms with E-state index >= 15 is 0 Å². The van der Waals surface area contributed by atoms with Crippen LogP contribution in [0.2, 0.25) is 5.02 Å². The molecule has 6 nitrogen and oxygen atoms in total. The second-order valence-corrected chi connectivity index (χ2v) is 5.34. The van der Waals surface area contributed by atoms with Crippen molar-refractivity contribution in [1.82, 2.24) is 4.98 Å². The number of halogens is 1. The molecule has 7 heteroatoms. The summed E-state index contributed by atoms with van der Waals surface area (Å²) in [7, 11) is 4.53. The van der Waals surface area contributed by atoms with Crippen LogP contribution in [0, 0.1) is 5.92 Å². The number of aliphatic carboxylic acids is 1. The summed E-state index contributed by atoms with van der Waals surface area (Å²) in [6.07, 6.45) is 3.07. The van der Waals surface area contributed by atoms with Crippen LogP contribution in [0.4, 0.5) is 0 Å². The van der Waals surface area contributed by atoms with Crippen LogP contribution in [-0.2, 0) is 24.8 Å². The fourth-order valence-corrected chi connectivity index (χ4v) is 2.46. The Kier molecular flexibility index (Phi) is 7.75. The van der Waals surface area contributed by atoms with E-state index in [-0.39, 0.29) is 6.61 Å². The first-order chi connectivity index (χ1) is 10.5. The zero-order chi connectivity index (χ0) is 16.6. The Labute approximate surface area is 135 Å². The summed E-state index contributed by atoms with van der Waals surface area (Å²) in [5.41, 5.74) is 0.559. The molecule has 0 aliphatic carbocycles. The number of rotatable bonds is 10. The van der Waals surface area contributed by atoms with Crippen molar-refractivity contribution in [3.63, 3.8) is 0 Å². The van der Waals surface area contributed by atoms with Gasteiger partial charge in [-0.05, 0) is 25.0 Å². The van der Waals surface area contributed by atoms with Crippen molar-refractivity contribution in [1.29, 1.82) is 0 Å². The minimum atomic E-state index is -1.04.